The predicted octanol–water partition coefficient (Wildman–Crippen LogP) is 17.0. The molecular formula is C65H39F3N6. The molecule has 3 heterocycles. The molecule has 0 atom stereocenters. The van der Waals surface area contributed by atoms with Crippen LogP contribution in [0.5, 0.6) is 0 Å². The van der Waals surface area contributed by atoms with Gasteiger partial charge < -0.3 is 9.13 Å². The van der Waals surface area contributed by atoms with Gasteiger partial charge in [-0.1, -0.05) is 158 Å². The summed E-state index contributed by atoms with van der Waals surface area (Å²) in [7, 11) is 0. The summed E-state index contributed by atoms with van der Waals surface area (Å²) in [4.78, 5) is 15.6. The zero-order valence-corrected chi connectivity index (χ0v) is 39.3. The van der Waals surface area contributed by atoms with Crippen molar-refractivity contribution in [3.8, 4) is 85.0 Å². The Balaban J connectivity index is 1.10. The van der Waals surface area contributed by atoms with Crippen LogP contribution >= 0.6 is 0 Å². The molecule has 0 N–H and O–H groups in total. The second kappa shape index (κ2) is 17.7. The number of benzene rings is 10. The molecule has 6 nitrogen and oxygen atoms in total. The average molecular weight is 961 g/mol. The van der Waals surface area contributed by atoms with Gasteiger partial charge in [-0.3, -0.25) is 0 Å². The number of nitrogens with zero attached hydrogens (tertiary/aromatic N) is 6. The Morgan fingerprint density at radius 2 is 0.730 bits per heavy atom. The third-order valence-electron chi connectivity index (χ3n) is 13.9. The zero-order chi connectivity index (χ0) is 49.9. The summed E-state index contributed by atoms with van der Waals surface area (Å²) in [6.45, 7) is 0. The van der Waals surface area contributed by atoms with Gasteiger partial charge in [-0.15, -0.1) is 0 Å². The Labute approximate surface area is 423 Å². The van der Waals surface area contributed by atoms with Gasteiger partial charge in [0, 0.05) is 38.2 Å². The quantitative estimate of drug-likeness (QED) is 0.152. The number of nitriles is 1. The van der Waals surface area contributed by atoms with E-state index in [9.17, 15) is 5.26 Å². The van der Waals surface area contributed by atoms with Crippen molar-refractivity contribution < 1.29 is 13.2 Å². The van der Waals surface area contributed by atoms with Crippen molar-refractivity contribution in [2.75, 3.05) is 0 Å². The first kappa shape index (κ1) is 44.1. The predicted molar refractivity (Wildman–Crippen MR) is 291 cm³/mol. The van der Waals surface area contributed by atoms with E-state index < -0.39 is 11.7 Å². The van der Waals surface area contributed by atoms with Gasteiger partial charge in [0.25, 0.3) is 0 Å². The van der Waals surface area contributed by atoms with Gasteiger partial charge >= 0.3 is 6.18 Å². The molecule has 350 valence electrons. The fourth-order valence-corrected chi connectivity index (χ4v) is 10.3. The summed E-state index contributed by atoms with van der Waals surface area (Å²) in [5.41, 5.74) is 11.8. The van der Waals surface area contributed by atoms with Gasteiger partial charge in [0.05, 0.1) is 50.6 Å². The minimum Gasteiger partial charge on any atom is -0.309 e. The van der Waals surface area contributed by atoms with Crippen LogP contribution in [0, 0.1) is 11.3 Å². The van der Waals surface area contributed by atoms with Gasteiger partial charge in [0.2, 0.25) is 0 Å². The summed E-state index contributed by atoms with van der Waals surface area (Å²) in [6.07, 6.45) is -4.68. The normalized spacial score (nSPS) is 11.7. The number of fused-ring (bicyclic) bond motifs is 6. The molecule has 0 radical (unpaired) electrons. The van der Waals surface area contributed by atoms with Crippen molar-refractivity contribution in [1.29, 1.82) is 5.26 Å². The molecule has 0 spiro atoms. The molecule has 0 amide bonds. The highest BCUT2D eigenvalue weighted by Crippen LogP contribution is 2.43. The Bertz CT molecular complexity index is 4340. The van der Waals surface area contributed by atoms with Crippen molar-refractivity contribution in [3.05, 3.63) is 248 Å². The van der Waals surface area contributed by atoms with E-state index in [0.717, 1.165) is 94.8 Å². The highest BCUT2D eigenvalue weighted by molar-refractivity contribution is 6.12. The van der Waals surface area contributed by atoms with Crippen LogP contribution in [0.15, 0.2) is 237 Å². The topological polar surface area (TPSA) is 72.3 Å². The number of rotatable bonds is 8. The van der Waals surface area contributed by atoms with E-state index in [1.165, 1.54) is 6.07 Å². The second-order valence-electron chi connectivity index (χ2n) is 18.2. The van der Waals surface area contributed by atoms with E-state index in [-0.39, 0.29) is 23.0 Å². The largest absolute Gasteiger partial charge is 0.416 e. The minimum atomic E-state index is -4.68. The fourth-order valence-electron chi connectivity index (χ4n) is 10.3. The number of halogens is 3. The number of hydrogen-bond donors (Lipinski definition) is 0. The molecule has 13 rings (SSSR count). The SMILES string of the molecule is N#Cc1ccc(-c2ccc(-n3c4ccccc4c4cc(-c5ccccc5)ccc43)c(-c3nc(-c4ccccc4)nc(-c4cc(C(F)(F)F)ccc4-n4c5ccccc5c5cc(-c6ccccc6)ccc54)n3)c2)cc1. The van der Waals surface area contributed by atoms with Crippen molar-refractivity contribution >= 4 is 43.6 Å². The molecule has 0 bridgehead atoms. The van der Waals surface area contributed by atoms with Gasteiger partial charge in [-0.25, -0.2) is 15.0 Å². The van der Waals surface area contributed by atoms with E-state index in [4.69, 9.17) is 15.0 Å². The third kappa shape index (κ3) is 7.65. The first-order valence-corrected chi connectivity index (χ1v) is 24.1. The van der Waals surface area contributed by atoms with Crippen LogP contribution in [0.3, 0.4) is 0 Å². The zero-order valence-electron chi connectivity index (χ0n) is 39.3. The molecule has 0 saturated heterocycles. The molecule has 74 heavy (non-hydrogen) atoms. The number of alkyl halides is 3. The van der Waals surface area contributed by atoms with Crippen LogP contribution in [-0.4, -0.2) is 24.1 Å². The molecule has 10 aromatic carbocycles. The van der Waals surface area contributed by atoms with E-state index in [1.807, 2.05) is 150 Å². The van der Waals surface area contributed by atoms with Gasteiger partial charge in [0.15, 0.2) is 17.5 Å². The van der Waals surface area contributed by atoms with Crippen LogP contribution in [0.4, 0.5) is 13.2 Å². The Kier molecular flexibility index (Phi) is 10.6. The van der Waals surface area contributed by atoms with Crippen LogP contribution in [-0.2, 0) is 6.18 Å². The maximum Gasteiger partial charge on any atom is 0.416 e. The van der Waals surface area contributed by atoms with E-state index in [2.05, 4.69) is 71.3 Å². The summed E-state index contributed by atoms with van der Waals surface area (Å²) in [6, 6.07) is 78.2. The molecule has 9 heteroatoms. The summed E-state index contributed by atoms with van der Waals surface area (Å²) in [5, 5.41) is 13.7. The maximum atomic E-state index is 15.1. The number of aromatic nitrogens is 5. The molecule has 0 aliphatic carbocycles. The van der Waals surface area contributed by atoms with Gasteiger partial charge in [-0.05, 0) is 112 Å². The molecule has 0 fully saturated rings. The second-order valence-corrected chi connectivity index (χ2v) is 18.2. The molecule has 0 saturated carbocycles. The molecule has 0 aliphatic rings. The monoisotopic (exact) mass is 960 g/mol. The number of para-hydroxylation sites is 2. The molecule has 3 aromatic heterocycles. The fraction of sp³-hybridized carbons (Fsp3) is 0.0154. The maximum absolute atomic E-state index is 15.1. The lowest BCUT2D eigenvalue weighted by molar-refractivity contribution is -0.137. The van der Waals surface area contributed by atoms with Crippen molar-refractivity contribution in [2.45, 2.75) is 6.18 Å². The van der Waals surface area contributed by atoms with Crippen LogP contribution in [0.2, 0.25) is 0 Å². The van der Waals surface area contributed by atoms with E-state index >= 15 is 13.2 Å². The first-order chi connectivity index (χ1) is 36.3. The highest BCUT2D eigenvalue weighted by Gasteiger charge is 2.33. The lowest BCUT2D eigenvalue weighted by Crippen LogP contribution is -2.09. The highest BCUT2D eigenvalue weighted by atomic mass is 19.4. The molecule has 13 aromatic rings. The minimum absolute atomic E-state index is 0.0613. The molecule has 0 unspecified atom stereocenters. The first-order valence-electron chi connectivity index (χ1n) is 24.1. The molecule has 0 aliphatic heterocycles. The van der Waals surface area contributed by atoms with Gasteiger partial charge in [0.1, 0.15) is 0 Å². The van der Waals surface area contributed by atoms with E-state index in [1.54, 1.807) is 12.1 Å². The standard InChI is InChI=1S/C65H39F3N6/c66-65(67,68)49-31-35-61(74-57-23-13-11-21-51(57)53-37-47(29-33-59(53)74)43-16-6-2-7-17-43)55(39-49)64-71-62(45-18-8-3-9-19-45)70-63(72-64)54-38-48(44-26-24-41(40-69)25-27-44)30-34-60(54)73-56-22-12-10-20-50(56)52-36-46(28-32-58(52)73)42-14-4-1-5-15-42/h1-39H. The summed E-state index contributed by atoms with van der Waals surface area (Å²) in [5.74, 6) is 0.601. The Morgan fingerprint density at radius 1 is 0.338 bits per heavy atom. The third-order valence-corrected chi connectivity index (χ3v) is 13.9. The van der Waals surface area contributed by atoms with Gasteiger partial charge in [-0.2, -0.15) is 18.4 Å². The average Bonchev–Trinajstić information content (AvgIpc) is 3.97. The van der Waals surface area contributed by atoms with Crippen molar-refractivity contribution in [1.82, 2.24) is 24.1 Å². The Morgan fingerprint density at radius 3 is 1.24 bits per heavy atom. The Hall–Kier alpha value is -9.91. The smallest absolute Gasteiger partial charge is 0.309 e. The summed E-state index contributed by atoms with van der Waals surface area (Å²) >= 11 is 0. The van der Waals surface area contributed by atoms with Crippen molar-refractivity contribution in [3.63, 3.8) is 0 Å². The molecular weight excluding hydrogens is 922 g/mol. The van der Waals surface area contributed by atoms with E-state index in [0.29, 0.717) is 22.4 Å². The van der Waals surface area contributed by atoms with Crippen LogP contribution in [0.25, 0.3) is 123 Å². The van der Waals surface area contributed by atoms with Crippen LogP contribution < -0.4 is 0 Å². The lowest BCUT2D eigenvalue weighted by atomic mass is 9.99. The van der Waals surface area contributed by atoms with Crippen LogP contribution in [0.1, 0.15) is 11.1 Å². The van der Waals surface area contributed by atoms with Crippen molar-refractivity contribution in [2.24, 2.45) is 0 Å². The summed E-state index contributed by atoms with van der Waals surface area (Å²) < 4.78 is 49.6. The lowest BCUT2D eigenvalue weighted by Gasteiger charge is -2.18. The number of hydrogen-bond acceptors (Lipinski definition) is 4.